The van der Waals surface area contributed by atoms with Crippen LogP contribution in [0.4, 0.5) is 0 Å². The number of unbranched alkanes of at least 4 members (excludes halogenated alkanes) is 10. The summed E-state index contributed by atoms with van der Waals surface area (Å²) in [5, 5.41) is 20.4. The van der Waals surface area contributed by atoms with Crippen LogP contribution in [0.3, 0.4) is 0 Å². The van der Waals surface area contributed by atoms with Gasteiger partial charge in [0.05, 0.1) is 0 Å². The molecule has 0 saturated heterocycles. The minimum absolute atomic E-state index is 0.557. The second-order valence-electron chi connectivity index (χ2n) is 7.46. The van der Waals surface area contributed by atoms with Crippen molar-refractivity contribution < 1.29 is 14.6 Å². The topological polar surface area (TPSA) is 53.6 Å². The van der Waals surface area contributed by atoms with Crippen LogP contribution in [0.25, 0.3) is 0 Å². The number of hydrogen-bond donors (Lipinski definition) is 2. The van der Waals surface area contributed by atoms with Crippen molar-refractivity contribution in [2.75, 3.05) is 0 Å². The molecule has 2 N–H and O–H groups in total. The van der Waals surface area contributed by atoms with Gasteiger partial charge in [-0.1, -0.05) is 77.2 Å². The Bertz CT molecular complexity index is 452. The molecule has 3 nitrogen and oxygen atoms in total. The van der Waals surface area contributed by atoms with Crippen molar-refractivity contribution in [1.29, 1.82) is 0 Å². The van der Waals surface area contributed by atoms with Crippen LogP contribution in [0.2, 0.25) is 0 Å². The molecule has 2 atom stereocenters. The van der Waals surface area contributed by atoms with Crippen molar-refractivity contribution in [2.24, 2.45) is 0 Å². The quantitative estimate of drug-likeness (QED) is 0.231. The highest BCUT2D eigenvalue weighted by Gasteiger charge is 2.16. The summed E-state index contributed by atoms with van der Waals surface area (Å²) >= 11 is 0. The van der Waals surface area contributed by atoms with E-state index in [0.717, 1.165) is 25.7 Å². The van der Waals surface area contributed by atoms with Crippen LogP contribution in [-0.2, 0) is 0 Å². The highest BCUT2D eigenvalue weighted by atomic mass is 16.4. The molecule has 1 aromatic heterocycles. The van der Waals surface area contributed by atoms with Gasteiger partial charge in [0.25, 0.3) is 0 Å². The first kappa shape index (κ1) is 23.0. The van der Waals surface area contributed by atoms with E-state index < -0.39 is 12.2 Å². The zero-order valence-corrected chi connectivity index (χ0v) is 16.8. The van der Waals surface area contributed by atoms with Gasteiger partial charge < -0.3 is 14.6 Å². The molecule has 0 aliphatic heterocycles. The number of hydrogen-bond acceptors (Lipinski definition) is 3. The Morgan fingerprint density at radius 1 is 0.808 bits per heavy atom. The summed E-state index contributed by atoms with van der Waals surface area (Å²) in [7, 11) is 0. The maximum absolute atomic E-state index is 10.3. The van der Waals surface area contributed by atoms with E-state index in [1.54, 1.807) is 12.1 Å². The number of furan rings is 1. The van der Waals surface area contributed by atoms with Crippen LogP contribution >= 0.6 is 0 Å². The Hall–Kier alpha value is -1.06. The van der Waals surface area contributed by atoms with E-state index >= 15 is 0 Å². The SMILES string of the molecule is C=CCCCC(O)c1ccc(C(O)CCCCCCCCCCCC)o1. The zero-order chi connectivity index (χ0) is 19.0. The fraction of sp³-hybridized carbons (Fsp3) is 0.739. The molecule has 150 valence electrons. The lowest BCUT2D eigenvalue weighted by molar-refractivity contribution is 0.110. The standard InChI is InChI=1S/C23H40O3/c1-3-5-7-8-9-10-11-12-13-15-17-21(25)23-19-18-22(26-23)20(24)16-14-6-4-2/h4,18-21,24-25H,2-3,5-17H2,1H3. The van der Waals surface area contributed by atoms with Gasteiger partial charge in [-0.05, 0) is 37.8 Å². The molecular weight excluding hydrogens is 324 g/mol. The summed E-state index contributed by atoms with van der Waals surface area (Å²) in [5.74, 6) is 1.14. The molecule has 0 amide bonds. The van der Waals surface area contributed by atoms with Crippen molar-refractivity contribution in [3.8, 4) is 0 Å². The molecule has 0 fully saturated rings. The maximum atomic E-state index is 10.3. The Kier molecular flexibility index (Phi) is 13.3. The lowest BCUT2D eigenvalue weighted by Crippen LogP contribution is -1.97. The third-order valence-electron chi connectivity index (χ3n) is 5.02. The Morgan fingerprint density at radius 2 is 1.27 bits per heavy atom. The molecular formula is C23H40O3. The minimum Gasteiger partial charge on any atom is -0.461 e. The third-order valence-corrected chi connectivity index (χ3v) is 5.02. The fourth-order valence-corrected chi connectivity index (χ4v) is 3.29. The van der Waals surface area contributed by atoms with E-state index in [9.17, 15) is 10.2 Å². The van der Waals surface area contributed by atoms with Crippen LogP contribution in [0.1, 0.15) is 121 Å². The zero-order valence-electron chi connectivity index (χ0n) is 16.8. The average molecular weight is 365 g/mol. The third kappa shape index (κ3) is 10.2. The highest BCUT2D eigenvalue weighted by molar-refractivity contribution is 5.11. The van der Waals surface area contributed by atoms with Crippen molar-refractivity contribution in [2.45, 2.75) is 109 Å². The molecule has 0 bridgehead atoms. The predicted octanol–water partition coefficient (Wildman–Crippen LogP) is 7.01. The predicted molar refractivity (Wildman–Crippen MR) is 109 cm³/mol. The lowest BCUT2D eigenvalue weighted by atomic mass is 10.0. The van der Waals surface area contributed by atoms with Crippen LogP contribution < -0.4 is 0 Å². The molecule has 0 aliphatic rings. The Labute approximate surface area is 160 Å². The number of aliphatic hydroxyl groups is 2. The molecule has 0 spiro atoms. The fourth-order valence-electron chi connectivity index (χ4n) is 3.29. The van der Waals surface area contributed by atoms with E-state index in [0.29, 0.717) is 17.9 Å². The van der Waals surface area contributed by atoms with Crippen molar-refractivity contribution >= 4 is 0 Å². The lowest BCUT2D eigenvalue weighted by Gasteiger charge is -2.09. The molecule has 2 unspecified atom stereocenters. The van der Waals surface area contributed by atoms with Crippen LogP contribution in [0.5, 0.6) is 0 Å². The first-order chi connectivity index (χ1) is 12.7. The van der Waals surface area contributed by atoms with E-state index in [1.165, 1.54) is 57.8 Å². The second kappa shape index (κ2) is 15.0. The second-order valence-corrected chi connectivity index (χ2v) is 7.46. The van der Waals surface area contributed by atoms with Crippen LogP contribution in [-0.4, -0.2) is 10.2 Å². The van der Waals surface area contributed by atoms with Crippen molar-refractivity contribution in [3.05, 3.63) is 36.3 Å². The molecule has 1 rings (SSSR count). The number of aliphatic hydroxyl groups excluding tert-OH is 2. The van der Waals surface area contributed by atoms with E-state index in [-0.39, 0.29) is 0 Å². The molecule has 3 heteroatoms. The molecule has 26 heavy (non-hydrogen) atoms. The number of rotatable bonds is 17. The molecule has 0 aromatic carbocycles. The van der Waals surface area contributed by atoms with E-state index in [4.69, 9.17) is 4.42 Å². The molecule has 0 saturated carbocycles. The van der Waals surface area contributed by atoms with Crippen LogP contribution in [0, 0.1) is 0 Å². The van der Waals surface area contributed by atoms with Gasteiger partial charge in [-0.2, -0.15) is 0 Å². The van der Waals surface area contributed by atoms with E-state index in [2.05, 4.69) is 13.5 Å². The average Bonchev–Trinajstić information content (AvgIpc) is 3.13. The summed E-state index contributed by atoms with van der Waals surface area (Å²) in [4.78, 5) is 0. The normalized spacial score (nSPS) is 13.7. The maximum Gasteiger partial charge on any atom is 0.132 e. The monoisotopic (exact) mass is 364 g/mol. The first-order valence-corrected chi connectivity index (χ1v) is 10.8. The van der Waals surface area contributed by atoms with E-state index in [1.807, 2.05) is 6.08 Å². The van der Waals surface area contributed by atoms with Gasteiger partial charge in [0.1, 0.15) is 23.7 Å². The minimum atomic E-state index is -0.590. The van der Waals surface area contributed by atoms with Gasteiger partial charge >= 0.3 is 0 Å². The first-order valence-electron chi connectivity index (χ1n) is 10.8. The summed E-state index contributed by atoms with van der Waals surface area (Å²) < 4.78 is 5.65. The highest BCUT2D eigenvalue weighted by Crippen LogP contribution is 2.27. The molecule has 1 aromatic rings. The van der Waals surface area contributed by atoms with Gasteiger partial charge in [0, 0.05) is 0 Å². The van der Waals surface area contributed by atoms with Gasteiger partial charge in [-0.15, -0.1) is 6.58 Å². The summed E-state index contributed by atoms with van der Waals surface area (Å²) in [6, 6.07) is 3.59. The van der Waals surface area contributed by atoms with Gasteiger partial charge in [-0.3, -0.25) is 0 Å². The molecule has 0 radical (unpaired) electrons. The Morgan fingerprint density at radius 3 is 1.77 bits per heavy atom. The summed E-state index contributed by atoms with van der Waals surface area (Å²) in [5.41, 5.74) is 0. The number of allylic oxidation sites excluding steroid dienone is 1. The van der Waals surface area contributed by atoms with Crippen LogP contribution in [0.15, 0.2) is 29.2 Å². The molecule has 0 aliphatic carbocycles. The molecule has 1 heterocycles. The van der Waals surface area contributed by atoms with Gasteiger partial charge in [0.2, 0.25) is 0 Å². The largest absolute Gasteiger partial charge is 0.461 e. The van der Waals surface area contributed by atoms with Gasteiger partial charge in [0.15, 0.2) is 0 Å². The van der Waals surface area contributed by atoms with Gasteiger partial charge in [-0.25, -0.2) is 0 Å². The summed E-state index contributed by atoms with van der Waals surface area (Å²) in [6.45, 7) is 5.94. The van der Waals surface area contributed by atoms with Crippen molar-refractivity contribution in [3.63, 3.8) is 0 Å². The smallest absolute Gasteiger partial charge is 0.132 e. The van der Waals surface area contributed by atoms with Crippen molar-refractivity contribution in [1.82, 2.24) is 0 Å². The summed E-state index contributed by atoms with van der Waals surface area (Å²) in [6.07, 6.45) is 16.8. The Balaban J connectivity index is 2.10.